The van der Waals surface area contributed by atoms with Crippen LogP contribution in [0.5, 0.6) is 0 Å². The van der Waals surface area contributed by atoms with E-state index in [1.54, 1.807) is 11.8 Å². The minimum Gasteiger partial charge on any atom is -0.349 e. The van der Waals surface area contributed by atoms with Gasteiger partial charge in [-0.3, -0.25) is 4.79 Å². The van der Waals surface area contributed by atoms with Gasteiger partial charge in [0, 0.05) is 17.1 Å². The van der Waals surface area contributed by atoms with Gasteiger partial charge in [-0.2, -0.15) is 0 Å². The standard InChI is InChI=1S/C20H23NOS/c1-15-9-11-17(12-10-15)23-14-13-20(22)21-19-8-4-6-16-5-2-3-7-18(16)19/h2-3,5,7,9-12,19H,4,6,8,13-14H2,1H3,(H,21,22)/t19-/m0/s1. The van der Waals surface area contributed by atoms with Crippen LogP contribution in [0, 0.1) is 6.92 Å². The molecule has 2 aromatic rings. The molecule has 1 amide bonds. The Balaban J connectivity index is 1.49. The van der Waals surface area contributed by atoms with Crippen LogP contribution < -0.4 is 5.32 Å². The van der Waals surface area contributed by atoms with Crippen LogP contribution in [-0.4, -0.2) is 11.7 Å². The zero-order chi connectivity index (χ0) is 16.1. The van der Waals surface area contributed by atoms with Crippen LogP contribution in [0.25, 0.3) is 0 Å². The molecule has 0 saturated heterocycles. The summed E-state index contributed by atoms with van der Waals surface area (Å²) < 4.78 is 0. The second kappa shape index (κ2) is 7.69. The molecular weight excluding hydrogens is 302 g/mol. The minimum atomic E-state index is 0.159. The molecule has 0 aliphatic heterocycles. The predicted octanol–water partition coefficient (Wildman–Crippen LogP) is 4.67. The second-order valence-electron chi connectivity index (χ2n) is 6.12. The van der Waals surface area contributed by atoms with Gasteiger partial charge in [-0.1, -0.05) is 42.0 Å². The molecule has 2 aromatic carbocycles. The molecule has 0 spiro atoms. The number of carbonyl (C=O) groups excluding carboxylic acids is 1. The van der Waals surface area contributed by atoms with Gasteiger partial charge in [-0.25, -0.2) is 0 Å². The van der Waals surface area contributed by atoms with Crippen LogP contribution in [0.2, 0.25) is 0 Å². The molecule has 0 saturated carbocycles. The quantitative estimate of drug-likeness (QED) is 0.809. The number of hydrogen-bond donors (Lipinski definition) is 1. The predicted molar refractivity (Wildman–Crippen MR) is 96.8 cm³/mol. The summed E-state index contributed by atoms with van der Waals surface area (Å²) in [5.74, 6) is 0.981. The summed E-state index contributed by atoms with van der Waals surface area (Å²) in [6.07, 6.45) is 3.90. The van der Waals surface area contributed by atoms with Gasteiger partial charge in [0.05, 0.1) is 6.04 Å². The largest absolute Gasteiger partial charge is 0.349 e. The Morgan fingerprint density at radius 1 is 1.17 bits per heavy atom. The van der Waals surface area contributed by atoms with Crippen molar-refractivity contribution < 1.29 is 4.79 Å². The fourth-order valence-electron chi connectivity index (χ4n) is 3.07. The molecule has 0 heterocycles. The summed E-state index contributed by atoms with van der Waals surface area (Å²) in [6.45, 7) is 2.09. The fraction of sp³-hybridized carbons (Fsp3) is 0.350. The number of aryl methyl sites for hydroxylation is 2. The number of fused-ring (bicyclic) bond motifs is 1. The first-order valence-electron chi connectivity index (χ1n) is 8.29. The Labute approximate surface area is 142 Å². The van der Waals surface area contributed by atoms with E-state index in [-0.39, 0.29) is 11.9 Å². The normalized spacial score (nSPS) is 16.7. The van der Waals surface area contributed by atoms with Gasteiger partial charge in [0.1, 0.15) is 0 Å². The van der Waals surface area contributed by atoms with E-state index in [9.17, 15) is 4.79 Å². The number of carbonyl (C=O) groups is 1. The first kappa shape index (κ1) is 16.1. The van der Waals surface area contributed by atoms with Crippen molar-refractivity contribution in [3.05, 3.63) is 65.2 Å². The molecule has 1 aliphatic carbocycles. The molecule has 0 radical (unpaired) electrons. The number of thioether (sulfide) groups is 1. The molecule has 3 heteroatoms. The highest BCUT2D eigenvalue weighted by molar-refractivity contribution is 7.99. The number of hydrogen-bond acceptors (Lipinski definition) is 2. The summed E-state index contributed by atoms with van der Waals surface area (Å²) in [5, 5.41) is 3.22. The van der Waals surface area contributed by atoms with Crippen molar-refractivity contribution in [3.63, 3.8) is 0 Å². The molecule has 2 nitrogen and oxygen atoms in total. The summed E-state index contributed by atoms with van der Waals surface area (Å²) >= 11 is 1.74. The van der Waals surface area contributed by atoms with E-state index in [1.165, 1.54) is 21.6 Å². The molecule has 0 unspecified atom stereocenters. The van der Waals surface area contributed by atoms with Crippen LogP contribution in [0.15, 0.2) is 53.4 Å². The molecule has 120 valence electrons. The molecule has 23 heavy (non-hydrogen) atoms. The topological polar surface area (TPSA) is 29.1 Å². The summed E-state index contributed by atoms with van der Waals surface area (Å²) in [7, 11) is 0. The molecule has 3 rings (SSSR count). The lowest BCUT2D eigenvalue weighted by Crippen LogP contribution is -2.31. The van der Waals surface area contributed by atoms with E-state index in [4.69, 9.17) is 0 Å². The minimum absolute atomic E-state index is 0.159. The third kappa shape index (κ3) is 4.38. The van der Waals surface area contributed by atoms with E-state index in [1.807, 2.05) is 0 Å². The molecule has 0 fully saturated rings. The van der Waals surface area contributed by atoms with Gasteiger partial charge in [0.2, 0.25) is 5.91 Å². The maximum absolute atomic E-state index is 12.2. The van der Waals surface area contributed by atoms with E-state index in [0.29, 0.717) is 6.42 Å². The van der Waals surface area contributed by atoms with Crippen LogP contribution in [0.4, 0.5) is 0 Å². The molecular formula is C20H23NOS. The fourth-order valence-corrected chi connectivity index (χ4v) is 3.92. The molecule has 1 atom stereocenters. The highest BCUT2D eigenvalue weighted by Crippen LogP contribution is 2.29. The van der Waals surface area contributed by atoms with Crippen LogP contribution in [-0.2, 0) is 11.2 Å². The van der Waals surface area contributed by atoms with E-state index in [0.717, 1.165) is 25.0 Å². The van der Waals surface area contributed by atoms with Crippen molar-refractivity contribution in [1.82, 2.24) is 5.32 Å². The molecule has 0 bridgehead atoms. The van der Waals surface area contributed by atoms with Crippen molar-refractivity contribution in [1.29, 1.82) is 0 Å². The molecule has 1 aliphatic rings. The van der Waals surface area contributed by atoms with Gasteiger partial charge in [-0.15, -0.1) is 11.8 Å². The Morgan fingerprint density at radius 2 is 1.96 bits per heavy atom. The maximum Gasteiger partial charge on any atom is 0.221 e. The van der Waals surface area contributed by atoms with E-state index in [2.05, 4.69) is 60.8 Å². The summed E-state index contributed by atoms with van der Waals surface area (Å²) in [5.41, 5.74) is 3.96. The average molecular weight is 325 g/mol. The smallest absolute Gasteiger partial charge is 0.221 e. The van der Waals surface area contributed by atoms with Crippen molar-refractivity contribution in [2.24, 2.45) is 0 Å². The monoisotopic (exact) mass is 325 g/mol. The third-order valence-corrected chi connectivity index (χ3v) is 5.34. The lowest BCUT2D eigenvalue weighted by atomic mass is 9.88. The highest BCUT2D eigenvalue weighted by Gasteiger charge is 2.20. The Morgan fingerprint density at radius 3 is 2.78 bits per heavy atom. The van der Waals surface area contributed by atoms with Gasteiger partial charge in [-0.05, 0) is 49.4 Å². The maximum atomic E-state index is 12.2. The SMILES string of the molecule is Cc1ccc(SCCC(=O)N[C@H]2CCCc3ccccc32)cc1. The molecule has 0 aromatic heterocycles. The Bertz CT molecular complexity index is 666. The summed E-state index contributed by atoms with van der Waals surface area (Å²) in [4.78, 5) is 13.5. The highest BCUT2D eigenvalue weighted by atomic mass is 32.2. The first-order valence-corrected chi connectivity index (χ1v) is 9.27. The van der Waals surface area contributed by atoms with Gasteiger partial charge in [0.25, 0.3) is 0 Å². The number of amides is 1. The Hall–Kier alpha value is -1.74. The average Bonchev–Trinajstić information content (AvgIpc) is 2.57. The zero-order valence-electron chi connectivity index (χ0n) is 13.5. The second-order valence-corrected chi connectivity index (χ2v) is 7.29. The van der Waals surface area contributed by atoms with Crippen molar-refractivity contribution in [2.45, 2.75) is 43.5 Å². The van der Waals surface area contributed by atoms with E-state index >= 15 is 0 Å². The number of nitrogens with one attached hydrogen (secondary N) is 1. The van der Waals surface area contributed by atoms with Crippen LogP contribution in [0.3, 0.4) is 0 Å². The van der Waals surface area contributed by atoms with Crippen molar-refractivity contribution in [2.75, 3.05) is 5.75 Å². The van der Waals surface area contributed by atoms with Gasteiger partial charge >= 0.3 is 0 Å². The third-order valence-electron chi connectivity index (χ3n) is 4.32. The van der Waals surface area contributed by atoms with E-state index < -0.39 is 0 Å². The van der Waals surface area contributed by atoms with Gasteiger partial charge < -0.3 is 5.32 Å². The van der Waals surface area contributed by atoms with Gasteiger partial charge in [0.15, 0.2) is 0 Å². The molecule has 1 N–H and O–H groups in total. The number of benzene rings is 2. The lowest BCUT2D eigenvalue weighted by molar-refractivity contribution is -0.121. The lowest BCUT2D eigenvalue weighted by Gasteiger charge is -2.26. The first-order chi connectivity index (χ1) is 11.2. The van der Waals surface area contributed by atoms with Crippen molar-refractivity contribution >= 4 is 17.7 Å². The zero-order valence-corrected chi connectivity index (χ0v) is 14.4. The summed E-state index contributed by atoms with van der Waals surface area (Å²) in [6, 6.07) is 17.1. The Kier molecular flexibility index (Phi) is 5.39. The van der Waals surface area contributed by atoms with Crippen LogP contribution in [0.1, 0.15) is 42.0 Å². The van der Waals surface area contributed by atoms with Crippen molar-refractivity contribution in [3.8, 4) is 0 Å². The number of rotatable bonds is 5. The van der Waals surface area contributed by atoms with Crippen LogP contribution >= 0.6 is 11.8 Å².